The molecule has 0 bridgehead atoms. The minimum absolute atomic E-state index is 0.0378. The molecule has 7 heteroatoms. The molecule has 0 atom stereocenters. The van der Waals surface area contributed by atoms with Crippen LogP contribution in [0, 0.1) is 0 Å². The summed E-state index contributed by atoms with van der Waals surface area (Å²) in [5.74, 6) is -0.413. The van der Waals surface area contributed by atoms with Crippen LogP contribution >= 0.6 is 0 Å². The number of carbonyl (C=O) groups excluding carboxylic acids is 2. The summed E-state index contributed by atoms with van der Waals surface area (Å²) in [6.07, 6.45) is 1.07. The van der Waals surface area contributed by atoms with Gasteiger partial charge >= 0.3 is 0 Å². The first-order chi connectivity index (χ1) is 16.9. The largest absolute Gasteiger partial charge is 0.506 e. The van der Waals surface area contributed by atoms with Crippen molar-refractivity contribution in [3.8, 4) is 11.5 Å². The molecule has 1 heterocycles. The van der Waals surface area contributed by atoms with Gasteiger partial charge < -0.3 is 21.3 Å². The van der Waals surface area contributed by atoms with Crippen molar-refractivity contribution < 1.29 is 19.8 Å². The molecule has 0 saturated heterocycles. The molecule has 0 saturated carbocycles. The summed E-state index contributed by atoms with van der Waals surface area (Å²) in [6, 6.07) is 21.4. The smallest absolute Gasteiger partial charge is 0.261 e. The van der Waals surface area contributed by atoms with E-state index in [4.69, 9.17) is 5.73 Å². The Morgan fingerprint density at radius 2 is 1.43 bits per heavy atom. The molecule has 0 fully saturated rings. The molecule has 0 unspecified atom stereocenters. The number of nitrogens with two attached hydrogens (primary N) is 1. The zero-order valence-electron chi connectivity index (χ0n) is 19.0. The van der Waals surface area contributed by atoms with E-state index in [1.54, 1.807) is 36.4 Å². The summed E-state index contributed by atoms with van der Waals surface area (Å²) < 4.78 is 0. The minimum Gasteiger partial charge on any atom is -0.506 e. The number of nitrogens with zero attached hydrogens (tertiary/aromatic N) is 1. The van der Waals surface area contributed by atoms with Crippen molar-refractivity contribution in [2.24, 2.45) is 0 Å². The maximum atomic E-state index is 13.0. The third kappa shape index (κ3) is 4.24. The first-order valence-corrected chi connectivity index (χ1v) is 11.4. The number of benzene rings is 4. The van der Waals surface area contributed by atoms with Gasteiger partial charge in [0, 0.05) is 29.6 Å². The second kappa shape index (κ2) is 9.02. The van der Waals surface area contributed by atoms with Gasteiger partial charge in [-0.05, 0) is 65.8 Å². The van der Waals surface area contributed by atoms with E-state index in [9.17, 15) is 19.8 Å². The van der Waals surface area contributed by atoms with Crippen molar-refractivity contribution in [3.05, 3.63) is 95.1 Å². The van der Waals surface area contributed by atoms with Crippen LogP contribution in [0.3, 0.4) is 0 Å². The van der Waals surface area contributed by atoms with Gasteiger partial charge in [0.1, 0.15) is 11.5 Å². The van der Waals surface area contributed by atoms with Crippen molar-refractivity contribution >= 4 is 34.0 Å². The lowest BCUT2D eigenvalue weighted by Gasteiger charge is -2.27. The summed E-state index contributed by atoms with van der Waals surface area (Å²) in [6.45, 7) is 0.747. The van der Waals surface area contributed by atoms with Crippen molar-refractivity contribution in [2.75, 3.05) is 24.1 Å². The highest BCUT2D eigenvalue weighted by atomic mass is 16.3. The van der Waals surface area contributed by atoms with E-state index in [2.05, 4.69) is 5.32 Å². The number of anilines is 2. The SMILES string of the molecule is Nc1ccc(Cc2ccc(NCCCN3C(=O)c4cccc5cccc(c45)C3=O)c(O)c2)cc1O. The maximum Gasteiger partial charge on any atom is 0.261 e. The third-order valence-electron chi connectivity index (χ3n) is 6.30. The Labute approximate surface area is 202 Å². The second-order valence-electron chi connectivity index (χ2n) is 8.67. The molecule has 2 amide bonds. The van der Waals surface area contributed by atoms with Crippen LogP contribution in [-0.4, -0.2) is 40.0 Å². The highest BCUT2D eigenvalue weighted by Gasteiger charge is 2.32. The van der Waals surface area contributed by atoms with Gasteiger partial charge in [-0.25, -0.2) is 0 Å². The topological polar surface area (TPSA) is 116 Å². The molecule has 0 spiro atoms. The molecule has 0 radical (unpaired) electrons. The van der Waals surface area contributed by atoms with E-state index in [0.717, 1.165) is 21.9 Å². The number of carbonyl (C=O) groups is 2. The summed E-state index contributed by atoms with van der Waals surface area (Å²) >= 11 is 0. The number of hydrogen-bond donors (Lipinski definition) is 4. The average Bonchev–Trinajstić information content (AvgIpc) is 2.85. The number of rotatable bonds is 7. The zero-order valence-corrected chi connectivity index (χ0v) is 19.0. The molecular weight excluding hydrogens is 442 g/mol. The lowest BCUT2D eigenvalue weighted by Crippen LogP contribution is -2.41. The van der Waals surface area contributed by atoms with Crippen molar-refractivity contribution in [2.45, 2.75) is 12.8 Å². The molecule has 4 aromatic rings. The van der Waals surface area contributed by atoms with Crippen LogP contribution in [-0.2, 0) is 6.42 Å². The fraction of sp³-hybridized carbons (Fsp3) is 0.143. The van der Waals surface area contributed by atoms with Crippen LogP contribution in [0.5, 0.6) is 11.5 Å². The van der Waals surface area contributed by atoms with E-state index in [0.29, 0.717) is 41.9 Å². The van der Waals surface area contributed by atoms with E-state index < -0.39 is 0 Å². The number of hydrogen-bond acceptors (Lipinski definition) is 6. The van der Waals surface area contributed by atoms with Crippen LogP contribution in [0.1, 0.15) is 38.3 Å². The normalized spacial score (nSPS) is 12.9. The van der Waals surface area contributed by atoms with Gasteiger partial charge in [-0.2, -0.15) is 0 Å². The number of nitrogen functional groups attached to an aromatic ring is 1. The summed E-state index contributed by atoms with van der Waals surface area (Å²) in [4.78, 5) is 27.3. The summed E-state index contributed by atoms with van der Waals surface area (Å²) in [5, 5.41) is 25.0. The minimum atomic E-state index is -0.278. The highest BCUT2D eigenvalue weighted by Crippen LogP contribution is 2.30. The van der Waals surface area contributed by atoms with Crippen molar-refractivity contribution in [1.82, 2.24) is 4.90 Å². The zero-order chi connectivity index (χ0) is 24.5. The average molecular weight is 468 g/mol. The summed E-state index contributed by atoms with van der Waals surface area (Å²) in [7, 11) is 0. The van der Waals surface area contributed by atoms with Crippen LogP contribution in [0.25, 0.3) is 10.8 Å². The Morgan fingerprint density at radius 1 is 0.800 bits per heavy atom. The molecule has 7 nitrogen and oxygen atoms in total. The fourth-order valence-electron chi connectivity index (χ4n) is 4.52. The molecule has 1 aliphatic rings. The predicted octanol–water partition coefficient (Wildman–Crippen LogP) is 4.52. The number of phenolic OH excluding ortho intramolecular Hbond substituents is 2. The molecule has 0 aliphatic carbocycles. The third-order valence-corrected chi connectivity index (χ3v) is 6.30. The molecule has 5 N–H and O–H groups in total. The fourth-order valence-corrected chi connectivity index (χ4v) is 4.52. The van der Waals surface area contributed by atoms with E-state index >= 15 is 0 Å². The van der Waals surface area contributed by atoms with E-state index in [1.165, 1.54) is 4.90 Å². The van der Waals surface area contributed by atoms with Gasteiger partial charge in [-0.3, -0.25) is 14.5 Å². The maximum absolute atomic E-state index is 13.0. The predicted molar refractivity (Wildman–Crippen MR) is 136 cm³/mol. The van der Waals surface area contributed by atoms with Gasteiger partial charge in [-0.1, -0.05) is 36.4 Å². The Bertz CT molecular complexity index is 1410. The number of amides is 2. The number of nitrogens with one attached hydrogen (secondary N) is 1. The highest BCUT2D eigenvalue weighted by molar-refractivity contribution is 6.25. The molecular formula is C28H25N3O4. The Morgan fingerprint density at radius 3 is 2.06 bits per heavy atom. The van der Waals surface area contributed by atoms with Gasteiger partial charge in [0.05, 0.1) is 11.4 Å². The Balaban J connectivity index is 1.20. The van der Waals surface area contributed by atoms with Gasteiger partial charge in [-0.15, -0.1) is 0 Å². The van der Waals surface area contributed by atoms with Gasteiger partial charge in [0.25, 0.3) is 11.8 Å². The summed E-state index contributed by atoms with van der Waals surface area (Å²) in [5.41, 5.74) is 9.40. The lowest BCUT2D eigenvalue weighted by molar-refractivity contribution is 0.0610. The molecule has 0 aromatic heterocycles. The lowest BCUT2D eigenvalue weighted by atomic mass is 9.94. The first-order valence-electron chi connectivity index (χ1n) is 11.4. The molecule has 4 aromatic carbocycles. The van der Waals surface area contributed by atoms with Crippen molar-refractivity contribution in [3.63, 3.8) is 0 Å². The number of phenols is 2. The number of imide groups is 1. The monoisotopic (exact) mass is 467 g/mol. The quantitative estimate of drug-likeness (QED) is 0.137. The molecule has 1 aliphatic heterocycles. The first kappa shape index (κ1) is 22.3. The van der Waals surface area contributed by atoms with Crippen LogP contribution < -0.4 is 11.1 Å². The van der Waals surface area contributed by atoms with Crippen LogP contribution in [0.4, 0.5) is 11.4 Å². The van der Waals surface area contributed by atoms with E-state index in [1.807, 2.05) is 36.4 Å². The number of aromatic hydroxyl groups is 2. The molecule has 5 rings (SSSR count). The standard InChI is InChI=1S/C28H25N3O4/c29-22-10-8-17(15-24(22)32)14-18-9-11-23(25(33)16-18)30-12-3-13-31-27(34)20-6-1-4-19-5-2-7-21(26(19)20)28(31)35/h1-2,4-11,15-16,30,32-33H,3,12-14,29H2. The van der Waals surface area contributed by atoms with Crippen LogP contribution in [0.15, 0.2) is 72.8 Å². The Hall–Kier alpha value is -4.52. The van der Waals surface area contributed by atoms with Crippen LogP contribution in [0.2, 0.25) is 0 Å². The molecule has 176 valence electrons. The molecule has 35 heavy (non-hydrogen) atoms. The Kier molecular flexibility index (Phi) is 5.74. The van der Waals surface area contributed by atoms with Gasteiger partial charge in [0.2, 0.25) is 0 Å². The second-order valence-corrected chi connectivity index (χ2v) is 8.67. The van der Waals surface area contributed by atoms with E-state index in [-0.39, 0.29) is 29.9 Å². The van der Waals surface area contributed by atoms with Gasteiger partial charge in [0.15, 0.2) is 0 Å². The van der Waals surface area contributed by atoms with Crippen molar-refractivity contribution in [1.29, 1.82) is 0 Å².